The molecule has 0 saturated heterocycles. The van der Waals surface area contributed by atoms with Crippen molar-refractivity contribution in [2.75, 3.05) is 0 Å². The van der Waals surface area contributed by atoms with Crippen molar-refractivity contribution in [1.82, 2.24) is 0 Å². The summed E-state index contributed by atoms with van der Waals surface area (Å²) < 4.78 is 0. The van der Waals surface area contributed by atoms with Crippen molar-refractivity contribution in [1.29, 1.82) is 0 Å². The maximum absolute atomic E-state index is 11.6. The average Bonchev–Trinajstić information content (AvgIpc) is 2.80. The van der Waals surface area contributed by atoms with Crippen molar-refractivity contribution in [2.45, 2.75) is 115 Å². The number of phenols is 1. The van der Waals surface area contributed by atoms with Gasteiger partial charge in [-0.05, 0) is 37.5 Å². The molecule has 0 spiro atoms. The summed E-state index contributed by atoms with van der Waals surface area (Å²) in [6.07, 6.45) is 19.5. The van der Waals surface area contributed by atoms with Gasteiger partial charge in [-0.2, -0.15) is 0 Å². The van der Waals surface area contributed by atoms with E-state index in [2.05, 4.69) is 6.92 Å². The van der Waals surface area contributed by atoms with Gasteiger partial charge in [-0.25, -0.2) is 0 Å². The number of nitro benzene ring substituents is 1. The van der Waals surface area contributed by atoms with Crippen molar-refractivity contribution in [2.24, 2.45) is 10.9 Å². The normalized spacial score (nSPS) is 23.3. The van der Waals surface area contributed by atoms with E-state index in [1.54, 1.807) is 12.3 Å². The van der Waals surface area contributed by atoms with E-state index in [-0.39, 0.29) is 28.3 Å². The number of halogens is 2. The van der Waals surface area contributed by atoms with Gasteiger partial charge in [-0.1, -0.05) is 77.6 Å². The van der Waals surface area contributed by atoms with Crippen LogP contribution in [-0.4, -0.2) is 22.3 Å². The van der Waals surface area contributed by atoms with Gasteiger partial charge in [0.1, 0.15) is 5.75 Å². The molecular formula is C26H40Cl2N2O3Zr. The van der Waals surface area contributed by atoms with Crippen LogP contribution in [0.5, 0.6) is 5.75 Å². The quantitative estimate of drug-likeness (QED) is 0.216. The summed E-state index contributed by atoms with van der Waals surface area (Å²) in [7, 11) is 9.87. The fourth-order valence-corrected chi connectivity index (χ4v) is 5.35. The molecular weight excluding hydrogens is 550 g/mol. The van der Waals surface area contributed by atoms with E-state index < -0.39 is 20.8 Å². The molecule has 0 bridgehead atoms. The van der Waals surface area contributed by atoms with Gasteiger partial charge in [0.25, 0.3) is 5.69 Å². The molecule has 2 unspecified atom stereocenters. The summed E-state index contributed by atoms with van der Waals surface area (Å²) in [5.74, 6) is 0.909. The number of hydrogen-bond donors (Lipinski definition) is 1. The molecule has 0 radical (unpaired) electrons. The Kier molecular flexibility index (Phi) is 15.0. The van der Waals surface area contributed by atoms with Gasteiger partial charge in [-0.15, -0.1) is 0 Å². The van der Waals surface area contributed by atoms with Crippen LogP contribution in [0.4, 0.5) is 5.69 Å². The van der Waals surface area contributed by atoms with Gasteiger partial charge < -0.3 is 5.11 Å². The van der Waals surface area contributed by atoms with E-state index >= 15 is 0 Å². The molecule has 2 aliphatic carbocycles. The SMILES string of the molecule is CC1CCCCC1N=Cc1cc([N+](=O)[O-])cc(C2CCCCCCCCCCC2)c1O.[Cl][Zr][Cl]. The molecule has 1 N–H and O–H groups in total. The van der Waals surface area contributed by atoms with E-state index in [4.69, 9.17) is 22.0 Å². The van der Waals surface area contributed by atoms with Crippen LogP contribution in [0.2, 0.25) is 0 Å². The van der Waals surface area contributed by atoms with Crippen LogP contribution in [-0.2, 0) is 20.8 Å². The predicted molar refractivity (Wildman–Crippen MR) is 139 cm³/mol. The van der Waals surface area contributed by atoms with E-state index in [0.29, 0.717) is 11.5 Å². The molecule has 1 aromatic rings. The fourth-order valence-electron chi connectivity index (χ4n) is 5.35. The molecule has 8 heteroatoms. The minimum atomic E-state index is -0.826. The molecule has 2 atom stereocenters. The van der Waals surface area contributed by atoms with Crippen LogP contribution in [0.3, 0.4) is 0 Å². The molecule has 2 fully saturated rings. The summed E-state index contributed by atoms with van der Waals surface area (Å²) in [6.45, 7) is 2.23. The van der Waals surface area contributed by atoms with Gasteiger partial charge in [0, 0.05) is 29.5 Å². The monoisotopic (exact) mass is 588 g/mol. The molecule has 2 aliphatic rings. The third-order valence-electron chi connectivity index (χ3n) is 7.38. The van der Waals surface area contributed by atoms with Crippen molar-refractivity contribution in [3.05, 3.63) is 33.4 Å². The number of aromatic hydroxyl groups is 1. The summed E-state index contributed by atoms with van der Waals surface area (Å²) in [4.78, 5) is 16.1. The number of nitro groups is 1. The molecule has 5 nitrogen and oxygen atoms in total. The molecule has 0 amide bonds. The van der Waals surface area contributed by atoms with Crippen LogP contribution in [0.25, 0.3) is 0 Å². The van der Waals surface area contributed by atoms with Gasteiger partial charge in [0.05, 0.1) is 11.0 Å². The molecule has 190 valence electrons. The van der Waals surface area contributed by atoms with Crippen molar-refractivity contribution in [3.8, 4) is 5.75 Å². The zero-order valence-corrected chi connectivity index (χ0v) is 24.5. The first-order valence-electron chi connectivity index (χ1n) is 13.0. The van der Waals surface area contributed by atoms with Gasteiger partial charge in [-0.3, -0.25) is 15.1 Å². The number of hydrogen-bond acceptors (Lipinski definition) is 4. The van der Waals surface area contributed by atoms with Crippen LogP contribution in [0.15, 0.2) is 17.1 Å². The number of phenolic OH excluding ortho intramolecular Hbond substituents is 1. The van der Waals surface area contributed by atoms with Gasteiger partial charge in [0.2, 0.25) is 0 Å². The number of rotatable bonds is 4. The Bertz CT molecular complexity index is 767. The van der Waals surface area contributed by atoms with E-state index in [9.17, 15) is 15.2 Å². The topological polar surface area (TPSA) is 75.7 Å². The van der Waals surface area contributed by atoms with Gasteiger partial charge >= 0.3 is 37.9 Å². The molecule has 0 heterocycles. The van der Waals surface area contributed by atoms with Crippen molar-refractivity contribution < 1.29 is 30.9 Å². The third kappa shape index (κ3) is 10.3. The molecule has 0 aliphatic heterocycles. The van der Waals surface area contributed by atoms with Gasteiger partial charge in [0.15, 0.2) is 0 Å². The Morgan fingerprint density at radius 2 is 1.44 bits per heavy atom. The van der Waals surface area contributed by atoms with Crippen LogP contribution in [0, 0.1) is 16.0 Å². The fraction of sp³-hybridized carbons (Fsp3) is 0.731. The Hall–Kier alpha value is -0.447. The second kappa shape index (κ2) is 17.1. The van der Waals surface area contributed by atoms with Crippen LogP contribution in [0.1, 0.15) is 120 Å². The van der Waals surface area contributed by atoms with Crippen LogP contribution >= 0.6 is 17.0 Å². The summed E-state index contributed by atoms with van der Waals surface area (Å²) >= 11 is -0.826. The van der Waals surface area contributed by atoms with E-state index in [1.165, 1.54) is 70.3 Å². The second-order valence-electron chi connectivity index (χ2n) is 9.86. The zero-order chi connectivity index (χ0) is 24.8. The first-order valence-corrected chi connectivity index (χ1v) is 19.3. The molecule has 1 aromatic carbocycles. The summed E-state index contributed by atoms with van der Waals surface area (Å²) in [5, 5.41) is 22.8. The van der Waals surface area contributed by atoms with Crippen molar-refractivity contribution in [3.63, 3.8) is 0 Å². The average molecular weight is 591 g/mol. The Balaban J connectivity index is 0.00000129. The third-order valence-corrected chi connectivity index (χ3v) is 7.38. The first kappa shape index (κ1) is 29.8. The molecule has 34 heavy (non-hydrogen) atoms. The Morgan fingerprint density at radius 3 is 1.97 bits per heavy atom. The van der Waals surface area contributed by atoms with E-state index in [1.807, 2.05) is 0 Å². The summed E-state index contributed by atoms with van der Waals surface area (Å²) in [6, 6.07) is 3.36. The maximum atomic E-state index is 11.6. The number of aliphatic imine (C=N–C) groups is 1. The number of non-ortho nitro benzene ring substituents is 1. The molecule has 3 rings (SSSR count). The second-order valence-corrected chi connectivity index (χ2v) is 13.6. The Morgan fingerprint density at radius 1 is 0.941 bits per heavy atom. The predicted octanol–water partition coefficient (Wildman–Crippen LogP) is 9.06. The molecule has 0 aromatic heterocycles. The number of nitrogens with zero attached hydrogens (tertiary/aromatic N) is 2. The minimum absolute atomic E-state index is 0.0667. The number of benzene rings is 1. The zero-order valence-electron chi connectivity index (χ0n) is 20.5. The Labute approximate surface area is 223 Å². The molecule has 2 saturated carbocycles. The van der Waals surface area contributed by atoms with Crippen LogP contribution < -0.4 is 0 Å². The van der Waals surface area contributed by atoms with E-state index in [0.717, 1.165) is 37.7 Å². The summed E-state index contributed by atoms with van der Waals surface area (Å²) in [5.41, 5.74) is 1.33. The first-order chi connectivity index (χ1) is 16.5. The van der Waals surface area contributed by atoms with Crippen molar-refractivity contribution >= 4 is 28.9 Å². The standard InChI is InChI=1S/C26H40N2O3.2ClH.Zr/c1-20-13-11-12-16-25(20)27-19-22-17-23(28(30)31)18-24(26(22)29)21-14-9-7-5-3-2-4-6-8-10-15-21;;;/h17-21,25,29H,2-16H2,1H3;2*1H;/q;;;+2/p-2.